The van der Waals surface area contributed by atoms with Crippen LogP contribution in [0.5, 0.6) is 0 Å². The molecule has 0 aromatic carbocycles. The molecule has 0 atom stereocenters. The number of ether oxygens (including phenoxy) is 1. The Morgan fingerprint density at radius 3 is 2.95 bits per heavy atom. The lowest BCUT2D eigenvalue weighted by molar-refractivity contribution is 0.0521. The topological polar surface area (TPSA) is 82.8 Å². The second-order valence-electron chi connectivity index (χ2n) is 4.39. The summed E-state index contributed by atoms with van der Waals surface area (Å²) in [7, 11) is 0. The molecule has 0 saturated carbocycles. The Morgan fingerprint density at radius 2 is 2.33 bits per heavy atom. The van der Waals surface area contributed by atoms with E-state index in [1.807, 2.05) is 12.1 Å². The minimum Gasteiger partial charge on any atom is -0.463 e. The molecule has 0 radical (unpaired) electrons. The lowest BCUT2D eigenvalue weighted by Gasteiger charge is -2.03. The van der Waals surface area contributed by atoms with E-state index in [1.54, 1.807) is 17.6 Å². The number of nitrogens with zero attached hydrogens (tertiary/aromatic N) is 2. The maximum atomic E-state index is 11.9. The zero-order chi connectivity index (χ0) is 15.0. The zero-order valence-electron chi connectivity index (χ0n) is 11.8. The van der Waals surface area contributed by atoms with E-state index in [0.29, 0.717) is 10.7 Å². The number of carbonyl (C=O) groups is 1. The summed E-state index contributed by atoms with van der Waals surface area (Å²) >= 11 is 1.50. The number of aromatic nitrogens is 2. The fraction of sp³-hybridized carbons (Fsp3) is 0.286. The predicted molar refractivity (Wildman–Crippen MR) is 80.5 cm³/mol. The third kappa shape index (κ3) is 2.09. The first-order chi connectivity index (χ1) is 10.2. The van der Waals surface area contributed by atoms with Crippen molar-refractivity contribution in [3.63, 3.8) is 0 Å². The summed E-state index contributed by atoms with van der Waals surface area (Å²) < 4.78 is 12.2. The zero-order valence-corrected chi connectivity index (χ0v) is 12.6. The van der Waals surface area contributed by atoms with Gasteiger partial charge in [0.1, 0.15) is 11.5 Å². The first-order valence-electron chi connectivity index (χ1n) is 6.67. The van der Waals surface area contributed by atoms with Crippen molar-refractivity contribution in [1.29, 1.82) is 0 Å². The van der Waals surface area contributed by atoms with Crippen LogP contribution in [0.1, 0.15) is 29.2 Å². The van der Waals surface area contributed by atoms with E-state index in [1.165, 1.54) is 11.3 Å². The van der Waals surface area contributed by atoms with Crippen molar-refractivity contribution in [2.75, 3.05) is 12.3 Å². The van der Waals surface area contributed by atoms with Gasteiger partial charge in [0, 0.05) is 4.88 Å². The van der Waals surface area contributed by atoms with Crippen LogP contribution >= 0.6 is 11.3 Å². The number of fused-ring (bicyclic) bond motifs is 1. The van der Waals surface area contributed by atoms with E-state index in [9.17, 15) is 4.79 Å². The van der Waals surface area contributed by atoms with Gasteiger partial charge in [0.25, 0.3) is 0 Å². The van der Waals surface area contributed by atoms with E-state index < -0.39 is 5.97 Å². The van der Waals surface area contributed by atoms with Crippen LogP contribution in [-0.2, 0) is 11.2 Å². The Kier molecular flexibility index (Phi) is 3.42. The Morgan fingerprint density at radius 1 is 1.52 bits per heavy atom. The Labute approximate surface area is 125 Å². The largest absolute Gasteiger partial charge is 0.463 e. The third-order valence-electron chi connectivity index (χ3n) is 3.13. The van der Waals surface area contributed by atoms with Crippen LogP contribution in [-0.4, -0.2) is 22.0 Å². The summed E-state index contributed by atoms with van der Waals surface area (Å²) in [4.78, 5) is 18.0. The Balaban J connectivity index is 2.23. The molecule has 0 bridgehead atoms. The monoisotopic (exact) mass is 305 g/mol. The average molecular weight is 305 g/mol. The molecular weight excluding hydrogens is 290 g/mol. The summed E-state index contributed by atoms with van der Waals surface area (Å²) in [5, 5.41) is 0. The van der Waals surface area contributed by atoms with Gasteiger partial charge in [-0.2, -0.15) is 0 Å². The van der Waals surface area contributed by atoms with Crippen LogP contribution in [0.2, 0.25) is 0 Å². The first kappa shape index (κ1) is 13.7. The molecule has 0 spiro atoms. The molecule has 3 rings (SSSR count). The summed E-state index contributed by atoms with van der Waals surface area (Å²) in [6.07, 6.45) is 2.44. The number of rotatable bonds is 4. The summed E-state index contributed by atoms with van der Waals surface area (Å²) in [5.41, 5.74) is 7.11. The number of hydrogen-bond acceptors (Lipinski definition) is 6. The van der Waals surface area contributed by atoms with Gasteiger partial charge < -0.3 is 14.9 Å². The molecule has 0 aliphatic heterocycles. The quantitative estimate of drug-likeness (QED) is 0.749. The van der Waals surface area contributed by atoms with Gasteiger partial charge in [-0.05, 0) is 25.5 Å². The number of aryl methyl sites for hydroxylation is 1. The van der Waals surface area contributed by atoms with Crippen molar-refractivity contribution >= 4 is 28.1 Å². The number of thiazole rings is 1. The van der Waals surface area contributed by atoms with E-state index >= 15 is 0 Å². The molecule has 0 saturated heterocycles. The van der Waals surface area contributed by atoms with Gasteiger partial charge in [-0.1, -0.05) is 6.92 Å². The molecule has 0 unspecified atom stereocenters. The number of nitrogen functional groups attached to an aromatic ring is 1. The highest BCUT2D eigenvalue weighted by Gasteiger charge is 2.24. The van der Waals surface area contributed by atoms with Gasteiger partial charge in [-0.15, -0.1) is 11.3 Å². The van der Waals surface area contributed by atoms with Crippen LogP contribution in [0.25, 0.3) is 16.4 Å². The number of imidazole rings is 1. The number of furan rings is 1. The van der Waals surface area contributed by atoms with Gasteiger partial charge in [-0.3, -0.25) is 4.40 Å². The van der Waals surface area contributed by atoms with Crippen molar-refractivity contribution in [3.8, 4) is 11.5 Å². The maximum Gasteiger partial charge on any atom is 0.360 e. The smallest absolute Gasteiger partial charge is 0.360 e. The highest BCUT2D eigenvalue weighted by Crippen LogP contribution is 2.35. The number of hydrogen-bond donors (Lipinski definition) is 1. The van der Waals surface area contributed by atoms with Gasteiger partial charge in [0.15, 0.2) is 16.4 Å². The van der Waals surface area contributed by atoms with Gasteiger partial charge >= 0.3 is 5.97 Å². The highest BCUT2D eigenvalue weighted by atomic mass is 32.1. The molecule has 110 valence electrons. The first-order valence-corrected chi connectivity index (χ1v) is 7.49. The Bertz CT molecular complexity index is 786. The standard InChI is InChI=1S/C14H15N3O3S/c1-3-9-11(8-6-5-7-20-8)17-12(15)10(13(18)19-4-2)16-14(17)21-9/h5-7H,3-4,15H2,1-2H3. The van der Waals surface area contributed by atoms with Crippen LogP contribution in [0, 0.1) is 0 Å². The molecule has 7 heteroatoms. The van der Waals surface area contributed by atoms with E-state index in [4.69, 9.17) is 14.9 Å². The predicted octanol–water partition coefficient (Wildman–Crippen LogP) is 2.98. The molecule has 0 aliphatic rings. The molecule has 2 N–H and O–H groups in total. The van der Waals surface area contributed by atoms with Crippen LogP contribution in [0.15, 0.2) is 22.8 Å². The number of nitrogens with two attached hydrogens (primary N) is 1. The lowest BCUT2D eigenvalue weighted by atomic mass is 10.2. The number of esters is 1. The fourth-order valence-electron chi connectivity index (χ4n) is 2.23. The summed E-state index contributed by atoms with van der Waals surface area (Å²) in [6.45, 7) is 4.09. The van der Waals surface area contributed by atoms with Crippen molar-refractivity contribution in [2.24, 2.45) is 0 Å². The SMILES string of the molecule is CCOC(=O)c1nc2sc(CC)c(-c3ccco3)n2c1N. The van der Waals surface area contributed by atoms with Crippen molar-refractivity contribution in [1.82, 2.24) is 9.38 Å². The minimum atomic E-state index is -0.505. The van der Waals surface area contributed by atoms with Crippen LogP contribution in [0.3, 0.4) is 0 Å². The van der Waals surface area contributed by atoms with E-state index in [2.05, 4.69) is 11.9 Å². The van der Waals surface area contributed by atoms with Crippen LogP contribution < -0.4 is 5.73 Å². The fourth-order valence-corrected chi connectivity index (χ4v) is 3.30. The highest BCUT2D eigenvalue weighted by molar-refractivity contribution is 7.17. The lowest BCUT2D eigenvalue weighted by Crippen LogP contribution is -2.08. The third-order valence-corrected chi connectivity index (χ3v) is 4.31. The molecular formula is C14H15N3O3S. The number of anilines is 1. The van der Waals surface area contributed by atoms with Crippen molar-refractivity contribution in [3.05, 3.63) is 29.0 Å². The molecule has 3 aromatic rings. The second kappa shape index (κ2) is 5.25. The molecule has 21 heavy (non-hydrogen) atoms. The van der Waals surface area contributed by atoms with E-state index in [-0.39, 0.29) is 18.1 Å². The molecule has 0 amide bonds. The summed E-state index contributed by atoms with van der Waals surface area (Å²) in [5.74, 6) is 0.484. The van der Waals surface area contributed by atoms with Crippen molar-refractivity contribution in [2.45, 2.75) is 20.3 Å². The average Bonchev–Trinajstić information content (AvgIpc) is 3.15. The van der Waals surface area contributed by atoms with Gasteiger partial charge in [0.05, 0.1) is 12.9 Å². The second-order valence-corrected chi connectivity index (χ2v) is 5.45. The molecule has 3 aromatic heterocycles. The van der Waals surface area contributed by atoms with Crippen molar-refractivity contribution < 1.29 is 13.9 Å². The van der Waals surface area contributed by atoms with Crippen LogP contribution in [0.4, 0.5) is 5.82 Å². The normalized spacial score (nSPS) is 11.1. The maximum absolute atomic E-state index is 11.9. The van der Waals surface area contributed by atoms with E-state index in [0.717, 1.165) is 17.0 Å². The molecule has 6 nitrogen and oxygen atoms in total. The van der Waals surface area contributed by atoms with Gasteiger partial charge in [-0.25, -0.2) is 9.78 Å². The number of carbonyl (C=O) groups excluding carboxylic acids is 1. The van der Waals surface area contributed by atoms with Gasteiger partial charge in [0.2, 0.25) is 0 Å². The molecule has 3 heterocycles. The molecule has 0 aliphatic carbocycles. The summed E-state index contributed by atoms with van der Waals surface area (Å²) in [6, 6.07) is 3.68. The minimum absolute atomic E-state index is 0.151. The Hall–Kier alpha value is -2.28. The molecule has 0 fully saturated rings.